The fourth-order valence-corrected chi connectivity index (χ4v) is 4.63. The summed E-state index contributed by atoms with van der Waals surface area (Å²) in [5, 5.41) is 9.51. The van der Waals surface area contributed by atoms with E-state index in [-0.39, 0.29) is 17.4 Å². The van der Waals surface area contributed by atoms with E-state index in [1.54, 1.807) is 16.7 Å². The molecule has 0 aromatic carbocycles. The second-order valence-electron chi connectivity index (χ2n) is 7.61. The highest BCUT2D eigenvalue weighted by Gasteiger charge is 2.50. The maximum atomic E-state index is 12.1. The van der Waals surface area contributed by atoms with E-state index >= 15 is 0 Å². The van der Waals surface area contributed by atoms with E-state index in [4.69, 9.17) is 0 Å². The number of carboxylic acid groups (broad SMARTS) is 1. The van der Waals surface area contributed by atoms with Gasteiger partial charge in [0.25, 0.3) is 0 Å². The zero-order chi connectivity index (χ0) is 18.4. The summed E-state index contributed by atoms with van der Waals surface area (Å²) < 4.78 is 36.2. The van der Waals surface area contributed by atoms with Crippen LogP contribution < -0.4 is 0 Å². The molecular weight excluding hydrogens is 339 g/mol. The van der Waals surface area contributed by atoms with Gasteiger partial charge in [0.2, 0.25) is 0 Å². The van der Waals surface area contributed by atoms with Gasteiger partial charge in [0.15, 0.2) is 0 Å². The summed E-state index contributed by atoms with van der Waals surface area (Å²) in [5.41, 5.74) is -0.449. The Hall–Kier alpha value is -0.590. The SMILES string of the molecule is CC(C)(C)[C@@]1(CCCSCCCCC(F)(F)F)CCCN1C(=O)O. The van der Waals surface area contributed by atoms with E-state index in [2.05, 4.69) is 20.8 Å². The van der Waals surface area contributed by atoms with E-state index in [0.717, 1.165) is 37.2 Å². The van der Waals surface area contributed by atoms with Crippen LogP contribution in [-0.4, -0.2) is 45.9 Å². The number of nitrogens with zero attached hydrogens (tertiary/aromatic N) is 1. The number of rotatable bonds is 8. The van der Waals surface area contributed by atoms with Crippen molar-refractivity contribution in [1.82, 2.24) is 4.90 Å². The van der Waals surface area contributed by atoms with Crippen molar-refractivity contribution in [2.75, 3.05) is 18.1 Å². The van der Waals surface area contributed by atoms with Gasteiger partial charge in [-0.15, -0.1) is 0 Å². The summed E-state index contributed by atoms with van der Waals surface area (Å²) in [6, 6.07) is 0. The number of amides is 1. The number of alkyl halides is 3. The molecule has 1 atom stereocenters. The van der Waals surface area contributed by atoms with Crippen molar-refractivity contribution < 1.29 is 23.1 Å². The molecule has 0 aliphatic carbocycles. The van der Waals surface area contributed by atoms with Crippen LogP contribution in [0, 0.1) is 5.41 Å². The number of halogens is 3. The highest BCUT2D eigenvalue weighted by atomic mass is 32.2. The van der Waals surface area contributed by atoms with Gasteiger partial charge in [-0.3, -0.25) is 0 Å². The maximum absolute atomic E-state index is 12.1. The average Bonchev–Trinajstić information content (AvgIpc) is 2.85. The standard InChI is InChI=1S/C17H30F3NO2S/c1-15(2,3)16(8-6-11-21(16)14(22)23)9-7-13-24-12-5-4-10-17(18,19)20/h4-13H2,1-3H3,(H,22,23)/t16-/m0/s1. The van der Waals surface area contributed by atoms with Crippen LogP contribution in [0.5, 0.6) is 0 Å². The van der Waals surface area contributed by atoms with Gasteiger partial charge in [0.05, 0.1) is 5.54 Å². The minimum Gasteiger partial charge on any atom is -0.465 e. The molecular formula is C17H30F3NO2S. The van der Waals surface area contributed by atoms with Crippen molar-refractivity contribution in [2.24, 2.45) is 5.41 Å². The van der Waals surface area contributed by atoms with E-state index in [9.17, 15) is 23.1 Å². The van der Waals surface area contributed by atoms with Crippen molar-refractivity contribution in [3.05, 3.63) is 0 Å². The van der Waals surface area contributed by atoms with Crippen LogP contribution in [0.2, 0.25) is 0 Å². The van der Waals surface area contributed by atoms with Crippen LogP contribution in [0.15, 0.2) is 0 Å². The van der Waals surface area contributed by atoms with E-state index in [1.165, 1.54) is 0 Å². The van der Waals surface area contributed by atoms with Gasteiger partial charge in [-0.25, -0.2) is 4.79 Å². The van der Waals surface area contributed by atoms with Crippen LogP contribution in [0.25, 0.3) is 0 Å². The van der Waals surface area contributed by atoms with E-state index in [1.807, 2.05) is 0 Å². The first-order valence-corrected chi connectivity index (χ1v) is 9.80. The molecule has 1 amide bonds. The zero-order valence-corrected chi connectivity index (χ0v) is 15.7. The molecule has 24 heavy (non-hydrogen) atoms. The Labute approximate surface area is 147 Å². The Morgan fingerprint density at radius 2 is 1.79 bits per heavy atom. The second kappa shape index (κ2) is 8.68. The third-order valence-electron chi connectivity index (χ3n) is 4.99. The zero-order valence-electron chi connectivity index (χ0n) is 14.9. The van der Waals surface area contributed by atoms with Gasteiger partial charge in [0, 0.05) is 13.0 Å². The molecule has 1 aliphatic rings. The van der Waals surface area contributed by atoms with Crippen LogP contribution in [0.4, 0.5) is 18.0 Å². The smallest absolute Gasteiger partial charge is 0.407 e. The van der Waals surface area contributed by atoms with Crippen LogP contribution in [0.3, 0.4) is 0 Å². The van der Waals surface area contributed by atoms with Crippen molar-refractivity contribution in [3.8, 4) is 0 Å². The summed E-state index contributed by atoms with van der Waals surface area (Å²) in [5.74, 6) is 1.61. The summed E-state index contributed by atoms with van der Waals surface area (Å²) >= 11 is 1.67. The van der Waals surface area contributed by atoms with Crippen LogP contribution >= 0.6 is 11.8 Å². The number of unbranched alkanes of at least 4 members (excludes halogenated alkanes) is 1. The van der Waals surface area contributed by atoms with Crippen LogP contribution in [0.1, 0.15) is 65.7 Å². The summed E-state index contributed by atoms with van der Waals surface area (Å²) in [6.45, 7) is 6.88. The number of carbonyl (C=O) groups is 1. The minimum atomic E-state index is -4.05. The van der Waals surface area contributed by atoms with Gasteiger partial charge in [-0.05, 0) is 55.4 Å². The Kier molecular flexibility index (Phi) is 7.75. The van der Waals surface area contributed by atoms with Gasteiger partial charge in [0.1, 0.15) is 0 Å². The average molecular weight is 369 g/mol. The molecule has 1 N–H and O–H groups in total. The lowest BCUT2D eigenvalue weighted by Crippen LogP contribution is -2.55. The Balaban J connectivity index is 2.36. The lowest BCUT2D eigenvalue weighted by molar-refractivity contribution is -0.135. The fourth-order valence-electron chi connectivity index (χ4n) is 3.67. The van der Waals surface area contributed by atoms with Gasteiger partial charge in [-0.1, -0.05) is 20.8 Å². The quantitative estimate of drug-likeness (QED) is 0.550. The Morgan fingerprint density at radius 1 is 1.17 bits per heavy atom. The van der Waals surface area contributed by atoms with Gasteiger partial charge < -0.3 is 10.0 Å². The van der Waals surface area contributed by atoms with Crippen molar-refractivity contribution >= 4 is 17.9 Å². The lowest BCUT2D eigenvalue weighted by Gasteiger charge is -2.47. The highest BCUT2D eigenvalue weighted by Crippen LogP contribution is 2.47. The second-order valence-corrected chi connectivity index (χ2v) is 8.83. The highest BCUT2D eigenvalue weighted by molar-refractivity contribution is 7.99. The molecule has 0 aromatic rings. The maximum Gasteiger partial charge on any atom is 0.407 e. The molecule has 0 unspecified atom stereocenters. The summed E-state index contributed by atoms with van der Waals surface area (Å²) in [7, 11) is 0. The normalized spacial score (nSPS) is 22.2. The number of hydrogen-bond donors (Lipinski definition) is 1. The molecule has 7 heteroatoms. The topological polar surface area (TPSA) is 40.5 Å². The minimum absolute atomic E-state index is 0.126. The third kappa shape index (κ3) is 6.05. The Morgan fingerprint density at radius 3 is 2.33 bits per heavy atom. The third-order valence-corrected chi connectivity index (χ3v) is 6.15. The number of hydrogen-bond acceptors (Lipinski definition) is 2. The predicted octanol–water partition coefficient (Wildman–Crippen LogP) is 5.79. The largest absolute Gasteiger partial charge is 0.465 e. The first-order chi connectivity index (χ1) is 11.0. The molecule has 0 bridgehead atoms. The van der Waals surface area contributed by atoms with Gasteiger partial charge >= 0.3 is 12.3 Å². The molecule has 0 aromatic heterocycles. The fraction of sp³-hybridized carbons (Fsp3) is 0.941. The molecule has 3 nitrogen and oxygen atoms in total. The monoisotopic (exact) mass is 369 g/mol. The van der Waals surface area contributed by atoms with Crippen molar-refractivity contribution in [3.63, 3.8) is 0 Å². The molecule has 1 rings (SSSR count). The number of thioether (sulfide) groups is 1. The molecule has 0 spiro atoms. The lowest BCUT2D eigenvalue weighted by atomic mass is 9.69. The van der Waals surface area contributed by atoms with Gasteiger partial charge in [-0.2, -0.15) is 24.9 Å². The number of likely N-dealkylation sites (tertiary alicyclic amines) is 1. The molecule has 1 saturated heterocycles. The van der Waals surface area contributed by atoms with Crippen molar-refractivity contribution in [1.29, 1.82) is 0 Å². The molecule has 1 fully saturated rings. The Bertz CT molecular complexity index is 410. The molecule has 0 saturated carbocycles. The van der Waals surface area contributed by atoms with Crippen molar-refractivity contribution in [2.45, 2.75) is 77.4 Å². The summed E-state index contributed by atoms with van der Waals surface area (Å²) in [4.78, 5) is 13.2. The summed E-state index contributed by atoms with van der Waals surface area (Å²) in [6.07, 6.45) is -1.33. The predicted molar refractivity (Wildman–Crippen MR) is 92.6 cm³/mol. The molecule has 1 heterocycles. The first kappa shape index (κ1) is 21.5. The molecule has 1 aliphatic heterocycles. The molecule has 142 valence electrons. The van der Waals surface area contributed by atoms with E-state index in [0.29, 0.717) is 13.0 Å². The van der Waals surface area contributed by atoms with E-state index < -0.39 is 18.7 Å². The first-order valence-electron chi connectivity index (χ1n) is 8.65. The van der Waals surface area contributed by atoms with Crippen LogP contribution in [-0.2, 0) is 0 Å². The molecule has 0 radical (unpaired) electrons.